The minimum atomic E-state index is -0.304. The summed E-state index contributed by atoms with van der Waals surface area (Å²) >= 11 is 5.07. The number of ether oxygens (including phenoxy) is 1. The van der Waals surface area contributed by atoms with E-state index in [1.165, 1.54) is 0 Å². The van der Waals surface area contributed by atoms with Crippen molar-refractivity contribution in [3.63, 3.8) is 0 Å². The second-order valence-electron chi connectivity index (χ2n) is 6.34. The summed E-state index contributed by atoms with van der Waals surface area (Å²) in [4.78, 5) is 18.4. The van der Waals surface area contributed by atoms with E-state index in [0.717, 1.165) is 27.9 Å². The van der Waals surface area contributed by atoms with E-state index in [0.29, 0.717) is 16.9 Å². The van der Waals surface area contributed by atoms with Crippen molar-refractivity contribution in [1.29, 1.82) is 0 Å². The molecule has 1 amide bonds. The number of H-pyrrole nitrogens is 2. The highest BCUT2D eigenvalue weighted by Crippen LogP contribution is 2.14. The molecular formula is C22H18N4O2S. The summed E-state index contributed by atoms with van der Waals surface area (Å²) in [7, 11) is 0. The predicted octanol–water partition coefficient (Wildman–Crippen LogP) is 4.57. The minimum Gasteiger partial charge on any atom is -0.489 e. The summed E-state index contributed by atoms with van der Waals surface area (Å²) in [5, 5.41) is 4.10. The van der Waals surface area contributed by atoms with Crippen LogP contribution in [0.5, 0.6) is 5.75 Å². The van der Waals surface area contributed by atoms with Gasteiger partial charge in [-0.1, -0.05) is 42.5 Å². The Morgan fingerprint density at radius 2 is 1.76 bits per heavy atom. The Morgan fingerprint density at radius 1 is 1.00 bits per heavy atom. The van der Waals surface area contributed by atoms with Gasteiger partial charge in [0, 0.05) is 11.1 Å². The molecule has 144 valence electrons. The third kappa shape index (κ3) is 4.59. The molecule has 29 heavy (non-hydrogen) atoms. The molecule has 0 radical (unpaired) electrons. The van der Waals surface area contributed by atoms with Crippen molar-refractivity contribution in [3.05, 3.63) is 94.3 Å². The van der Waals surface area contributed by atoms with E-state index >= 15 is 0 Å². The van der Waals surface area contributed by atoms with Gasteiger partial charge < -0.3 is 14.7 Å². The van der Waals surface area contributed by atoms with Gasteiger partial charge in [-0.05, 0) is 48.1 Å². The average molecular weight is 402 g/mol. The molecular weight excluding hydrogens is 384 g/mol. The number of fused-ring (bicyclic) bond motifs is 1. The SMILES string of the molecule is O=C(N/N=C\c1ccccc1COc1ccccc1)c1ccc2[nH]c(=S)[nH]c2c1. The van der Waals surface area contributed by atoms with Crippen molar-refractivity contribution < 1.29 is 9.53 Å². The lowest BCUT2D eigenvalue weighted by atomic mass is 10.1. The van der Waals surface area contributed by atoms with Crippen LogP contribution >= 0.6 is 12.2 Å². The Kier molecular flexibility index (Phi) is 5.49. The zero-order valence-corrected chi connectivity index (χ0v) is 16.2. The molecule has 0 unspecified atom stereocenters. The Bertz CT molecular complexity index is 1230. The zero-order chi connectivity index (χ0) is 20.1. The normalized spacial score (nSPS) is 11.0. The monoisotopic (exact) mass is 402 g/mol. The number of imidazole rings is 1. The number of amides is 1. The Hall–Kier alpha value is -3.71. The highest BCUT2D eigenvalue weighted by molar-refractivity contribution is 7.71. The fraction of sp³-hybridized carbons (Fsp3) is 0.0455. The number of carbonyl (C=O) groups excluding carboxylic acids is 1. The topological polar surface area (TPSA) is 82.3 Å². The zero-order valence-electron chi connectivity index (χ0n) is 15.4. The van der Waals surface area contributed by atoms with Gasteiger partial charge in [0.1, 0.15) is 12.4 Å². The Balaban J connectivity index is 1.43. The van der Waals surface area contributed by atoms with Crippen molar-refractivity contribution in [2.75, 3.05) is 0 Å². The molecule has 3 aromatic carbocycles. The van der Waals surface area contributed by atoms with Crippen LogP contribution in [0.3, 0.4) is 0 Å². The molecule has 7 heteroatoms. The van der Waals surface area contributed by atoms with Gasteiger partial charge in [0.05, 0.1) is 17.2 Å². The van der Waals surface area contributed by atoms with Gasteiger partial charge in [-0.2, -0.15) is 5.10 Å². The van der Waals surface area contributed by atoms with Crippen LogP contribution in [0.15, 0.2) is 77.9 Å². The van der Waals surface area contributed by atoms with E-state index in [9.17, 15) is 4.79 Å². The molecule has 0 atom stereocenters. The molecule has 1 heterocycles. The molecule has 4 rings (SSSR count). The second kappa shape index (κ2) is 8.53. The predicted molar refractivity (Wildman–Crippen MR) is 116 cm³/mol. The smallest absolute Gasteiger partial charge is 0.271 e. The van der Waals surface area contributed by atoms with Crippen molar-refractivity contribution in [3.8, 4) is 5.75 Å². The van der Waals surface area contributed by atoms with Crippen LogP contribution in [0.2, 0.25) is 0 Å². The third-order valence-corrected chi connectivity index (χ3v) is 4.54. The fourth-order valence-corrected chi connectivity index (χ4v) is 3.09. The molecule has 0 aliphatic carbocycles. The lowest BCUT2D eigenvalue weighted by Gasteiger charge is -2.08. The molecule has 0 aliphatic rings. The third-order valence-electron chi connectivity index (χ3n) is 4.34. The molecule has 0 saturated heterocycles. The first kappa shape index (κ1) is 18.6. The molecule has 0 bridgehead atoms. The highest BCUT2D eigenvalue weighted by atomic mass is 32.1. The summed E-state index contributed by atoms with van der Waals surface area (Å²) in [5.74, 6) is 0.494. The summed E-state index contributed by atoms with van der Waals surface area (Å²) in [5.41, 5.74) is 6.51. The highest BCUT2D eigenvalue weighted by Gasteiger charge is 2.07. The van der Waals surface area contributed by atoms with Gasteiger partial charge in [0.25, 0.3) is 5.91 Å². The van der Waals surface area contributed by atoms with Gasteiger partial charge in [0.15, 0.2) is 4.77 Å². The number of aromatic amines is 2. The van der Waals surface area contributed by atoms with E-state index < -0.39 is 0 Å². The number of hydrogen-bond donors (Lipinski definition) is 3. The Labute approximate surface area is 172 Å². The van der Waals surface area contributed by atoms with Crippen molar-refractivity contribution in [1.82, 2.24) is 15.4 Å². The van der Waals surface area contributed by atoms with Crippen LogP contribution in [0.1, 0.15) is 21.5 Å². The summed E-state index contributed by atoms with van der Waals surface area (Å²) in [6.07, 6.45) is 1.61. The molecule has 6 nitrogen and oxygen atoms in total. The van der Waals surface area contributed by atoms with Crippen LogP contribution < -0.4 is 10.2 Å². The first-order chi connectivity index (χ1) is 14.2. The number of nitrogens with zero attached hydrogens (tertiary/aromatic N) is 1. The van der Waals surface area contributed by atoms with Crippen LogP contribution in [0.25, 0.3) is 11.0 Å². The summed E-state index contributed by atoms with van der Waals surface area (Å²) < 4.78 is 6.33. The van der Waals surface area contributed by atoms with Gasteiger partial charge in [-0.25, -0.2) is 5.43 Å². The van der Waals surface area contributed by atoms with Crippen molar-refractivity contribution >= 4 is 35.4 Å². The number of carbonyl (C=O) groups is 1. The molecule has 0 fully saturated rings. The Morgan fingerprint density at radius 3 is 2.62 bits per heavy atom. The van der Waals surface area contributed by atoms with Gasteiger partial charge >= 0.3 is 0 Å². The molecule has 4 aromatic rings. The van der Waals surface area contributed by atoms with E-state index in [1.54, 1.807) is 24.4 Å². The number of benzene rings is 3. The second-order valence-corrected chi connectivity index (χ2v) is 6.75. The molecule has 0 saturated carbocycles. The van der Waals surface area contributed by atoms with E-state index in [1.807, 2.05) is 54.6 Å². The molecule has 3 N–H and O–H groups in total. The first-order valence-corrected chi connectivity index (χ1v) is 9.41. The van der Waals surface area contributed by atoms with Gasteiger partial charge in [-0.15, -0.1) is 0 Å². The number of aromatic nitrogens is 2. The summed E-state index contributed by atoms with van der Waals surface area (Å²) in [6.45, 7) is 0.406. The van der Waals surface area contributed by atoms with Crippen LogP contribution in [0.4, 0.5) is 0 Å². The number of rotatable bonds is 6. The fourth-order valence-electron chi connectivity index (χ4n) is 2.87. The maximum Gasteiger partial charge on any atom is 0.271 e. The molecule has 0 spiro atoms. The standard InChI is InChI=1S/C22H18N4O2S/c27-21(15-10-11-19-20(12-15)25-22(29)24-19)26-23-13-16-6-4-5-7-17(16)14-28-18-8-2-1-3-9-18/h1-13H,14H2,(H,26,27)(H2,24,25,29)/b23-13-. The van der Waals surface area contributed by atoms with Gasteiger partial charge in [0.2, 0.25) is 0 Å². The quantitative estimate of drug-likeness (QED) is 0.251. The maximum absolute atomic E-state index is 12.4. The van der Waals surface area contributed by atoms with Crippen LogP contribution in [-0.4, -0.2) is 22.1 Å². The summed E-state index contributed by atoms with van der Waals surface area (Å²) in [6, 6.07) is 22.6. The number of hydrazone groups is 1. The number of para-hydroxylation sites is 1. The number of nitrogens with one attached hydrogen (secondary N) is 3. The lowest BCUT2D eigenvalue weighted by Crippen LogP contribution is -2.17. The molecule has 0 aliphatic heterocycles. The minimum absolute atomic E-state index is 0.304. The molecule has 1 aromatic heterocycles. The maximum atomic E-state index is 12.4. The lowest BCUT2D eigenvalue weighted by molar-refractivity contribution is 0.0955. The van der Waals surface area contributed by atoms with E-state index in [-0.39, 0.29) is 5.91 Å². The van der Waals surface area contributed by atoms with Crippen LogP contribution in [-0.2, 0) is 6.61 Å². The average Bonchev–Trinajstić information content (AvgIpc) is 3.13. The van der Waals surface area contributed by atoms with Crippen LogP contribution in [0, 0.1) is 4.77 Å². The first-order valence-electron chi connectivity index (χ1n) is 9.00. The largest absolute Gasteiger partial charge is 0.489 e. The van der Waals surface area contributed by atoms with Crippen molar-refractivity contribution in [2.24, 2.45) is 5.10 Å². The van der Waals surface area contributed by atoms with E-state index in [2.05, 4.69) is 20.5 Å². The van der Waals surface area contributed by atoms with Gasteiger partial charge in [-0.3, -0.25) is 4.79 Å². The van der Waals surface area contributed by atoms with E-state index in [4.69, 9.17) is 17.0 Å². The van der Waals surface area contributed by atoms with Crippen molar-refractivity contribution in [2.45, 2.75) is 6.61 Å². The number of hydrogen-bond acceptors (Lipinski definition) is 4.